The lowest BCUT2D eigenvalue weighted by Crippen LogP contribution is -2.05. The molecule has 37 heavy (non-hydrogen) atoms. The Morgan fingerprint density at radius 1 is 0.973 bits per heavy atom. The Kier molecular flexibility index (Phi) is 6.35. The first-order chi connectivity index (χ1) is 17.5. The van der Waals surface area contributed by atoms with Gasteiger partial charge in [-0.15, -0.1) is 0 Å². The van der Waals surface area contributed by atoms with Gasteiger partial charge >= 0.3 is 6.18 Å². The molecule has 10 heteroatoms. The monoisotopic (exact) mass is 526 g/mol. The second-order valence-corrected chi connectivity index (χ2v) is 9.97. The Labute approximate surface area is 217 Å². The van der Waals surface area contributed by atoms with Crippen LogP contribution in [0.3, 0.4) is 0 Å². The fourth-order valence-corrected chi connectivity index (χ4v) is 4.74. The highest BCUT2D eigenvalue weighted by Gasteiger charge is 2.35. The van der Waals surface area contributed by atoms with Crippen LogP contribution in [0.5, 0.6) is 0 Å². The molecule has 4 heterocycles. The van der Waals surface area contributed by atoms with E-state index in [1.54, 1.807) is 17.0 Å². The van der Waals surface area contributed by atoms with Crippen molar-refractivity contribution in [3.63, 3.8) is 0 Å². The molecule has 5 rings (SSSR count). The standard InChI is InChI=1S/C27H26ClF3N6/c1-16(2)36-15-23(27(29,30)31)34-26(36)19-9-7-18(8-10-19)13-35-14-20(24-22(35)6-5-11-32-24)25-21(28)12-33-37(25)17(3)4/h5-12,14-17H,13H2,1-4H3. The molecule has 5 aromatic rings. The van der Waals surface area contributed by atoms with Gasteiger partial charge in [0, 0.05) is 48.3 Å². The van der Waals surface area contributed by atoms with Crippen molar-refractivity contribution >= 4 is 22.6 Å². The minimum Gasteiger partial charge on any atom is -0.341 e. The minimum absolute atomic E-state index is 0.119. The van der Waals surface area contributed by atoms with Crippen molar-refractivity contribution in [3.05, 3.63) is 77.5 Å². The number of rotatable bonds is 6. The average molecular weight is 527 g/mol. The summed E-state index contributed by atoms with van der Waals surface area (Å²) >= 11 is 6.54. The lowest BCUT2D eigenvalue weighted by molar-refractivity contribution is -0.140. The highest BCUT2D eigenvalue weighted by Crippen LogP contribution is 2.36. The van der Waals surface area contributed by atoms with Crippen LogP contribution in [0.2, 0.25) is 5.02 Å². The molecule has 0 aliphatic heterocycles. The van der Waals surface area contributed by atoms with E-state index < -0.39 is 11.9 Å². The van der Waals surface area contributed by atoms with Gasteiger partial charge in [0.2, 0.25) is 0 Å². The summed E-state index contributed by atoms with van der Waals surface area (Å²) in [6.45, 7) is 8.30. The van der Waals surface area contributed by atoms with Crippen molar-refractivity contribution < 1.29 is 13.2 Å². The van der Waals surface area contributed by atoms with Crippen molar-refractivity contribution in [1.29, 1.82) is 0 Å². The highest BCUT2D eigenvalue weighted by molar-refractivity contribution is 6.33. The normalized spacial score (nSPS) is 12.4. The first-order valence-electron chi connectivity index (χ1n) is 12.0. The van der Waals surface area contributed by atoms with Gasteiger partial charge in [0.05, 0.1) is 27.9 Å². The van der Waals surface area contributed by atoms with Gasteiger partial charge in [0.15, 0.2) is 5.69 Å². The van der Waals surface area contributed by atoms with Gasteiger partial charge in [-0.05, 0) is 45.4 Å². The zero-order chi connectivity index (χ0) is 26.5. The Morgan fingerprint density at radius 2 is 1.70 bits per heavy atom. The SMILES string of the molecule is CC(C)n1cc(C(F)(F)F)nc1-c1ccc(Cn2cc(-c3c(Cl)cnn3C(C)C)c3ncccc32)cc1. The highest BCUT2D eigenvalue weighted by atomic mass is 35.5. The summed E-state index contributed by atoms with van der Waals surface area (Å²) in [5, 5.41) is 4.99. The zero-order valence-corrected chi connectivity index (χ0v) is 21.6. The third kappa shape index (κ3) is 4.64. The van der Waals surface area contributed by atoms with Crippen molar-refractivity contribution in [3.8, 4) is 22.6 Å². The summed E-state index contributed by atoms with van der Waals surface area (Å²) in [4.78, 5) is 8.51. The largest absolute Gasteiger partial charge is 0.434 e. The Hall–Kier alpha value is -3.59. The Bertz CT molecular complexity index is 1560. The van der Waals surface area contributed by atoms with Crippen LogP contribution in [0.1, 0.15) is 51.0 Å². The average Bonchev–Trinajstić information content (AvgIpc) is 3.55. The number of nitrogens with zero attached hydrogens (tertiary/aromatic N) is 6. The molecule has 0 aliphatic rings. The first kappa shape index (κ1) is 25.1. The summed E-state index contributed by atoms with van der Waals surface area (Å²) in [5.74, 6) is 0.295. The maximum Gasteiger partial charge on any atom is 0.434 e. The van der Waals surface area contributed by atoms with E-state index in [0.29, 0.717) is 23.0 Å². The van der Waals surface area contributed by atoms with E-state index in [9.17, 15) is 13.2 Å². The Balaban J connectivity index is 1.51. The number of imidazole rings is 1. The van der Waals surface area contributed by atoms with Crippen LogP contribution >= 0.6 is 11.6 Å². The lowest BCUT2D eigenvalue weighted by Gasteiger charge is -2.12. The van der Waals surface area contributed by atoms with Gasteiger partial charge < -0.3 is 9.13 Å². The molecular formula is C27H26ClF3N6. The maximum atomic E-state index is 13.3. The molecule has 0 spiro atoms. The molecule has 0 aliphatic carbocycles. The fourth-order valence-electron chi connectivity index (χ4n) is 4.50. The van der Waals surface area contributed by atoms with Crippen LogP contribution in [-0.2, 0) is 12.7 Å². The lowest BCUT2D eigenvalue weighted by atomic mass is 10.1. The minimum atomic E-state index is -4.50. The molecule has 0 N–H and O–H groups in total. The van der Waals surface area contributed by atoms with E-state index in [2.05, 4.69) is 19.6 Å². The van der Waals surface area contributed by atoms with E-state index in [-0.39, 0.29) is 12.1 Å². The second-order valence-electron chi connectivity index (χ2n) is 9.57. The van der Waals surface area contributed by atoms with E-state index in [4.69, 9.17) is 11.6 Å². The number of hydrogen-bond acceptors (Lipinski definition) is 3. The molecule has 0 radical (unpaired) electrons. The van der Waals surface area contributed by atoms with Crippen molar-refractivity contribution in [2.24, 2.45) is 0 Å². The number of alkyl halides is 3. The van der Waals surface area contributed by atoms with Gasteiger partial charge in [-0.25, -0.2) is 4.98 Å². The molecule has 1 aromatic carbocycles. The van der Waals surface area contributed by atoms with E-state index in [0.717, 1.165) is 34.1 Å². The van der Waals surface area contributed by atoms with Gasteiger partial charge in [-0.2, -0.15) is 18.3 Å². The number of aromatic nitrogens is 6. The van der Waals surface area contributed by atoms with Crippen LogP contribution in [0, 0.1) is 0 Å². The predicted molar refractivity (Wildman–Crippen MR) is 139 cm³/mol. The summed E-state index contributed by atoms with van der Waals surface area (Å²) in [5.41, 5.74) is 4.19. The number of benzene rings is 1. The molecule has 192 valence electrons. The summed E-state index contributed by atoms with van der Waals surface area (Å²) in [7, 11) is 0. The molecule has 6 nitrogen and oxygen atoms in total. The van der Waals surface area contributed by atoms with Crippen LogP contribution < -0.4 is 0 Å². The van der Waals surface area contributed by atoms with Gasteiger partial charge in [-0.1, -0.05) is 35.9 Å². The second kappa shape index (κ2) is 9.37. The molecule has 0 bridgehead atoms. The van der Waals surface area contributed by atoms with Gasteiger partial charge in [-0.3, -0.25) is 9.67 Å². The van der Waals surface area contributed by atoms with Crippen LogP contribution in [0.4, 0.5) is 13.2 Å². The maximum absolute atomic E-state index is 13.3. The Morgan fingerprint density at radius 3 is 2.35 bits per heavy atom. The third-order valence-corrected chi connectivity index (χ3v) is 6.55. The summed E-state index contributed by atoms with van der Waals surface area (Å²) in [6.07, 6.45) is 1.99. The van der Waals surface area contributed by atoms with E-state index >= 15 is 0 Å². The smallest absolute Gasteiger partial charge is 0.341 e. The molecule has 0 fully saturated rings. The number of pyridine rings is 1. The van der Waals surface area contributed by atoms with Gasteiger partial charge in [0.1, 0.15) is 5.82 Å². The molecule has 0 unspecified atom stereocenters. The van der Waals surface area contributed by atoms with Gasteiger partial charge in [0.25, 0.3) is 0 Å². The number of hydrogen-bond donors (Lipinski definition) is 0. The number of halogens is 4. The molecule has 0 amide bonds. The van der Waals surface area contributed by atoms with Crippen LogP contribution in [0.25, 0.3) is 33.7 Å². The summed E-state index contributed by atoms with van der Waals surface area (Å²) < 4.78 is 45.4. The first-order valence-corrected chi connectivity index (χ1v) is 12.3. The molecular weight excluding hydrogens is 501 g/mol. The van der Waals surface area contributed by atoms with Crippen LogP contribution in [-0.4, -0.2) is 28.9 Å². The molecule has 0 atom stereocenters. The zero-order valence-electron chi connectivity index (χ0n) is 20.8. The van der Waals surface area contributed by atoms with Crippen molar-refractivity contribution in [2.75, 3.05) is 0 Å². The summed E-state index contributed by atoms with van der Waals surface area (Å²) in [6, 6.07) is 11.3. The number of fused-ring (bicyclic) bond motifs is 1. The molecule has 0 saturated heterocycles. The fraction of sp³-hybridized carbons (Fsp3) is 0.296. The van der Waals surface area contributed by atoms with Crippen molar-refractivity contribution in [2.45, 2.75) is 52.5 Å². The molecule has 4 aromatic heterocycles. The quantitative estimate of drug-likeness (QED) is 0.228. The van der Waals surface area contributed by atoms with E-state index in [1.165, 1.54) is 0 Å². The van der Waals surface area contributed by atoms with Crippen molar-refractivity contribution in [1.82, 2.24) is 28.9 Å². The predicted octanol–water partition coefficient (Wildman–Crippen LogP) is 7.65. The molecule has 0 saturated carbocycles. The third-order valence-electron chi connectivity index (χ3n) is 6.28. The van der Waals surface area contributed by atoms with E-state index in [1.807, 2.05) is 75.0 Å². The topological polar surface area (TPSA) is 53.5 Å². The van der Waals surface area contributed by atoms with Crippen LogP contribution in [0.15, 0.2) is 61.2 Å².